The molecule has 2 aliphatic heterocycles. The quantitative estimate of drug-likeness (QED) is 0.689. The summed E-state index contributed by atoms with van der Waals surface area (Å²) in [5, 5.41) is 0. The smallest absolute Gasteiger partial charge is 0.248 e. The van der Waals surface area contributed by atoms with Crippen LogP contribution in [0.2, 0.25) is 0 Å². The van der Waals surface area contributed by atoms with Crippen LogP contribution in [0.3, 0.4) is 0 Å². The summed E-state index contributed by atoms with van der Waals surface area (Å²) < 4.78 is 15.6. The van der Waals surface area contributed by atoms with Crippen molar-refractivity contribution in [3.8, 4) is 0 Å². The number of piperidine rings is 1. The van der Waals surface area contributed by atoms with Gasteiger partial charge in [-0.05, 0) is 24.7 Å². The number of rotatable bonds is 7. The van der Waals surface area contributed by atoms with Crippen LogP contribution in [0.15, 0.2) is 0 Å². The highest BCUT2D eigenvalue weighted by molar-refractivity contribution is 5.77. The molecule has 1 atom stereocenters. The molecule has 2 saturated heterocycles. The first-order valence-electron chi connectivity index (χ1n) is 8.13. The summed E-state index contributed by atoms with van der Waals surface area (Å²) in [5.41, 5.74) is 0.334. The Balaban J connectivity index is 1.91. The van der Waals surface area contributed by atoms with E-state index in [2.05, 4.69) is 4.90 Å². The monoisotopic (exact) mass is 314 g/mol. The van der Waals surface area contributed by atoms with E-state index in [1.165, 1.54) is 0 Å². The van der Waals surface area contributed by atoms with E-state index in [4.69, 9.17) is 14.2 Å². The molecule has 2 heterocycles. The van der Waals surface area contributed by atoms with Crippen LogP contribution in [0.25, 0.3) is 0 Å². The fourth-order valence-electron chi connectivity index (χ4n) is 3.89. The van der Waals surface area contributed by atoms with Crippen molar-refractivity contribution in [2.75, 3.05) is 67.3 Å². The number of nitrogens with zero attached hydrogens (tertiary/aromatic N) is 2. The van der Waals surface area contributed by atoms with E-state index in [0.29, 0.717) is 11.5 Å². The third kappa shape index (κ3) is 4.19. The van der Waals surface area contributed by atoms with E-state index < -0.39 is 0 Å². The molecule has 0 aromatic carbocycles. The summed E-state index contributed by atoms with van der Waals surface area (Å²) in [6.07, 6.45) is 3.31. The minimum absolute atomic E-state index is 0.111. The van der Waals surface area contributed by atoms with E-state index in [9.17, 15) is 4.79 Å². The van der Waals surface area contributed by atoms with Crippen LogP contribution in [0.1, 0.15) is 19.3 Å². The van der Waals surface area contributed by atoms with Crippen molar-refractivity contribution >= 4 is 5.91 Å². The number of carbonyl (C=O) groups excluding carboxylic acids is 1. The van der Waals surface area contributed by atoms with Crippen LogP contribution in [-0.2, 0) is 19.0 Å². The highest BCUT2D eigenvalue weighted by atomic mass is 16.5. The lowest BCUT2D eigenvalue weighted by Crippen LogP contribution is -2.45. The van der Waals surface area contributed by atoms with Crippen LogP contribution >= 0.6 is 0 Å². The first-order chi connectivity index (χ1) is 10.6. The molecular weight excluding hydrogens is 284 g/mol. The van der Waals surface area contributed by atoms with Crippen molar-refractivity contribution in [2.45, 2.75) is 25.3 Å². The van der Waals surface area contributed by atoms with Gasteiger partial charge in [0, 0.05) is 53.6 Å². The van der Waals surface area contributed by atoms with Crippen LogP contribution in [0.5, 0.6) is 0 Å². The number of amides is 1. The van der Waals surface area contributed by atoms with E-state index in [1.54, 1.807) is 21.3 Å². The standard InChI is InChI=1S/C16H30N2O4/c1-20-9-8-18-13-16(10-14(18)11-21-2)4-6-17(7-5-16)15(19)12-22-3/h14H,4-13H2,1-3H3/t14-/m0/s1. The molecule has 2 aliphatic rings. The molecular formula is C16H30N2O4. The molecule has 128 valence electrons. The van der Waals surface area contributed by atoms with Crippen molar-refractivity contribution in [1.82, 2.24) is 9.80 Å². The Morgan fingerprint density at radius 3 is 2.45 bits per heavy atom. The van der Waals surface area contributed by atoms with Gasteiger partial charge in [-0.25, -0.2) is 0 Å². The van der Waals surface area contributed by atoms with Crippen LogP contribution in [-0.4, -0.2) is 89.1 Å². The maximum Gasteiger partial charge on any atom is 0.248 e. The molecule has 0 saturated carbocycles. The van der Waals surface area contributed by atoms with Gasteiger partial charge in [-0.2, -0.15) is 0 Å². The average molecular weight is 314 g/mol. The first-order valence-corrected chi connectivity index (χ1v) is 8.13. The van der Waals surface area contributed by atoms with Crippen molar-refractivity contribution in [2.24, 2.45) is 5.41 Å². The molecule has 0 bridgehead atoms. The predicted molar refractivity (Wildman–Crippen MR) is 83.9 cm³/mol. The normalized spacial score (nSPS) is 25.0. The molecule has 6 heteroatoms. The average Bonchev–Trinajstić information content (AvgIpc) is 2.84. The number of hydrogen-bond donors (Lipinski definition) is 0. The molecule has 0 N–H and O–H groups in total. The summed E-state index contributed by atoms with van der Waals surface area (Å²) in [7, 11) is 5.09. The largest absolute Gasteiger partial charge is 0.383 e. The molecule has 6 nitrogen and oxygen atoms in total. The number of methoxy groups -OCH3 is 3. The Labute approximate surface area is 133 Å². The zero-order valence-electron chi connectivity index (χ0n) is 14.2. The van der Waals surface area contributed by atoms with E-state index in [1.807, 2.05) is 4.90 Å². The molecule has 1 spiro atoms. The zero-order chi connectivity index (χ0) is 16.0. The second-order valence-corrected chi connectivity index (χ2v) is 6.59. The Kier molecular flexibility index (Phi) is 6.62. The highest BCUT2D eigenvalue weighted by Crippen LogP contribution is 2.43. The summed E-state index contributed by atoms with van der Waals surface area (Å²) in [6, 6.07) is 0.473. The Hall–Kier alpha value is -0.690. The Morgan fingerprint density at radius 1 is 1.14 bits per heavy atom. The van der Waals surface area contributed by atoms with Gasteiger partial charge in [0.05, 0.1) is 13.2 Å². The second kappa shape index (κ2) is 8.24. The van der Waals surface area contributed by atoms with Crippen molar-refractivity contribution in [3.05, 3.63) is 0 Å². The van der Waals surface area contributed by atoms with E-state index in [-0.39, 0.29) is 12.5 Å². The van der Waals surface area contributed by atoms with Gasteiger partial charge in [-0.3, -0.25) is 9.69 Å². The first kappa shape index (κ1) is 17.7. The lowest BCUT2D eigenvalue weighted by Gasteiger charge is -2.39. The fourth-order valence-corrected chi connectivity index (χ4v) is 3.89. The Morgan fingerprint density at radius 2 is 1.86 bits per heavy atom. The van der Waals surface area contributed by atoms with Crippen LogP contribution < -0.4 is 0 Å². The summed E-state index contributed by atoms with van der Waals surface area (Å²) in [5.74, 6) is 0.111. The van der Waals surface area contributed by atoms with Gasteiger partial charge in [0.2, 0.25) is 5.91 Å². The van der Waals surface area contributed by atoms with E-state index >= 15 is 0 Å². The van der Waals surface area contributed by atoms with Gasteiger partial charge in [-0.1, -0.05) is 0 Å². The molecule has 0 radical (unpaired) electrons. The minimum atomic E-state index is 0.111. The molecule has 0 aliphatic carbocycles. The van der Waals surface area contributed by atoms with Gasteiger partial charge in [-0.15, -0.1) is 0 Å². The highest BCUT2D eigenvalue weighted by Gasteiger charge is 2.45. The van der Waals surface area contributed by atoms with Gasteiger partial charge in [0.25, 0.3) is 0 Å². The van der Waals surface area contributed by atoms with Gasteiger partial charge >= 0.3 is 0 Å². The zero-order valence-corrected chi connectivity index (χ0v) is 14.2. The molecule has 0 aromatic rings. The molecule has 0 aromatic heterocycles. The van der Waals surface area contributed by atoms with Gasteiger partial charge in [0.1, 0.15) is 6.61 Å². The summed E-state index contributed by atoms with van der Waals surface area (Å²) in [6.45, 7) is 5.47. The molecule has 22 heavy (non-hydrogen) atoms. The molecule has 0 unspecified atom stereocenters. The molecule has 1 amide bonds. The predicted octanol–water partition coefficient (Wildman–Crippen LogP) is 0.609. The van der Waals surface area contributed by atoms with Gasteiger partial charge < -0.3 is 19.1 Å². The van der Waals surface area contributed by atoms with Crippen molar-refractivity contribution < 1.29 is 19.0 Å². The van der Waals surface area contributed by atoms with Crippen LogP contribution in [0, 0.1) is 5.41 Å². The minimum Gasteiger partial charge on any atom is -0.383 e. The van der Waals surface area contributed by atoms with Crippen molar-refractivity contribution in [3.63, 3.8) is 0 Å². The maximum atomic E-state index is 11.9. The number of carbonyl (C=O) groups is 1. The van der Waals surface area contributed by atoms with Crippen LogP contribution in [0.4, 0.5) is 0 Å². The number of likely N-dealkylation sites (tertiary alicyclic amines) is 2. The van der Waals surface area contributed by atoms with Crippen molar-refractivity contribution in [1.29, 1.82) is 0 Å². The lowest BCUT2D eigenvalue weighted by molar-refractivity contribution is -0.137. The maximum absolute atomic E-state index is 11.9. The summed E-state index contributed by atoms with van der Waals surface area (Å²) >= 11 is 0. The summed E-state index contributed by atoms with van der Waals surface area (Å²) in [4.78, 5) is 16.4. The topological polar surface area (TPSA) is 51.2 Å². The van der Waals surface area contributed by atoms with E-state index in [0.717, 1.165) is 58.7 Å². The SMILES string of the molecule is COCCN1CC2(CCN(C(=O)COC)CC2)C[C@H]1COC. The number of ether oxygens (including phenoxy) is 3. The molecule has 2 fully saturated rings. The fraction of sp³-hybridized carbons (Fsp3) is 0.938. The number of hydrogen-bond acceptors (Lipinski definition) is 5. The lowest BCUT2D eigenvalue weighted by atomic mass is 9.76. The van der Waals surface area contributed by atoms with Gasteiger partial charge in [0.15, 0.2) is 0 Å². The Bertz CT molecular complexity index is 356. The molecule has 2 rings (SSSR count). The third-order valence-electron chi connectivity index (χ3n) is 5.11. The third-order valence-corrected chi connectivity index (χ3v) is 5.11. The second-order valence-electron chi connectivity index (χ2n) is 6.59.